The van der Waals surface area contributed by atoms with Crippen LogP contribution in [0.15, 0.2) is 30.9 Å². The molecule has 2 saturated carbocycles. The van der Waals surface area contributed by atoms with E-state index in [9.17, 15) is 37.3 Å². The molecule has 0 amide bonds. The van der Waals surface area contributed by atoms with Crippen molar-refractivity contribution in [3.8, 4) is 5.75 Å². The van der Waals surface area contributed by atoms with E-state index in [-0.39, 0.29) is 40.8 Å². The largest absolute Gasteiger partial charge is 0.508 e. The molecule has 3 aliphatic rings. The number of hydrogen-bond donors (Lipinski definition) is 3. The highest BCUT2D eigenvalue weighted by molar-refractivity contribution is 5.43. The lowest BCUT2D eigenvalue weighted by Crippen LogP contribution is -2.54. The molecule has 0 spiro atoms. The van der Waals surface area contributed by atoms with Gasteiger partial charge in [0.1, 0.15) is 11.9 Å². The fourth-order valence-corrected chi connectivity index (χ4v) is 7.81. The summed E-state index contributed by atoms with van der Waals surface area (Å²) in [6, 6.07) is 5.40. The number of aromatic hydroxyl groups is 1. The van der Waals surface area contributed by atoms with Crippen LogP contribution in [0.2, 0.25) is 0 Å². The zero-order valence-electron chi connectivity index (χ0n) is 20.0. The van der Waals surface area contributed by atoms with Gasteiger partial charge in [-0.2, -0.15) is 22.0 Å². The Kier molecular flexibility index (Phi) is 6.80. The predicted molar refractivity (Wildman–Crippen MR) is 122 cm³/mol. The second-order valence-electron chi connectivity index (χ2n) is 11.2. The fraction of sp³-hybridized carbons (Fsp3) is 0.704. The number of benzene rings is 1. The minimum absolute atomic E-state index is 0.0439. The first-order valence-electron chi connectivity index (χ1n) is 12.5. The molecule has 3 N–H and O–H groups in total. The molecule has 0 saturated heterocycles. The molecule has 196 valence electrons. The van der Waals surface area contributed by atoms with Crippen molar-refractivity contribution in [2.75, 3.05) is 0 Å². The monoisotopic (exact) mass is 502 g/mol. The predicted octanol–water partition coefficient (Wildman–Crippen LogP) is 6.51. The van der Waals surface area contributed by atoms with Gasteiger partial charge in [0.05, 0.1) is 6.10 Å². The van der Waals surface area contributed by atoms with Crippen LogP contribution in [0.1, 0.15) is 75.3 Å². The third-order valence-electron chi connectivity index (χ3n) is 9.46. The van der Waals surface area contributed by atoms with Gasteiger partial charge in [-0.05, 0) is 96.8 Å². The van der Waals surface area contributed by atoms with E-state index in [0.29, 0.717) is 19.3 Å². The lowest BCUT2D eigenvalue weighted by molar-refractivity contribution is -0.313. The number of unbranched alkanes of at least 4 members (excludes halogenated alkanes) is 1. The molecule has 3 aliphatic carbocycles. The van der Waals surface area contributed by atoms with Crippen LogP contribution < -0.4 is 0 Å². The van der Waals surface area contributed by atoms with E-state index in [4.69, 9.17) is 0 Å². The molecule has 3 nitrogen and oxygen atoms in total. The summed E-state index contributed by atoms with van der Waals surface area (Å²) in [5.41, 5.74) is 1.61. The summed E-state index contributed by atoms with van der Waals surface area (Å²) in [5.74, 6) is -4.57. The van der Waals surface area contributed by atoms with Crippen molar-refractivity contribution in [3.63, 3.8) is 0 Å². The number of hydrogen-bond acceptors (Lipinski definition) is 3. The zero-order valence-corrected chi connectivity index (χ0v) is 20.0. The third-order valence-corrected chi connectivity index (χ3v) is 9.46. The second kappa shape index (κ2) is 9.02. The van der Waals surface area contributed by atoms with E-state index >= 15 is 0 Å². The maximum absolute atomic E-state index is 13.4. The average Bonchev–Trinajstić information content (AvgIpc) is 3.09. The number of aliphatic hydroxyl groups is 2. The van der Waals surface area contributed by atoms with E-state index in [1.54, 1.807) is 12.1 Å². The molecule has 2 fully saturated rings. The third kappa shape index (κ3) is 4.18. The number of halogens is 5. The number of aryl methyl sites for hydroxylation is 1. The summed E-state index contributed by atoms with van der Waals surface area (Å²) >= 11 is 0. The van der Waals surface area contributed by atoms with Crippen LogP contribution in [0.3, 0.4) is 0 Å². The molecule has 0 unspecified atom stereocenters. The van der Waals surface area contributed by atoms with E-state index in [1.165, 1.54) is 0 Å². The SMILES string of the molecule is C=C[C@]12CCc3cc(O)ccc3[C@H]1[C@@H](CCCC[C@@H](O)C(F)(F)C(F)(F)F)C[C@@]1(C)[C@H]2CC[C@@H]1O. The van der Waals surface area contributed by atoms with Gasteiger partial charge in [0.25, 0.3) is 0 Å². The normalized spacial score (nSPS) is 35.7. The highest BCUT2D eigenvalue weighted by atomic mass is 19.4. The van der Waals surface area contributed by atoms with Gasteiger partial charge >= 0.3 is 12.1 Å². The summed E-state index contributed by atoms with van der Waals surface area (Å²) in [5, 5.41) is 30.5. The molecule has 4 rings (SSSR count). The summed E-state index contributed by atoms with van der Waals surface area (Å²) in [6.07, 6.45) is -2.66. The van der Waals surface area contributed by atoms with Gasteiger partial charge < -0.3 is 15.3 Å². The summed E-state index contributed by atoms with van der Waals surface area (Å²) in [7, 11) is 0. The summed E-state index contributed by atoms with van der Waals surface area (Å²) in [6.45, 7) is 6.33. The van der Waals surface area contributed by atoms with Crippen LogP contribution in [0.25, 0.3) is 0 Å². The minimum Gasteiger partial charge on any atom is -0.508 e. The van der Waals surface area contributed by atoms with Gasteiger partial charge in [-0.15, -0.1) is 6.58 Å². The van der Waals surface area contributed by atoms with Crippen molar-refractivity contribution in [1.29, 1.82) is 0 Å². The van der Waals surface area contributed by atoms with E-state index in [1.807, 2.05) is 12.1 Å². The van der Waals surface area contributed by atoms with Crippen molar-refractivity contribution < 1.29 is 37.3 Å². The van der Waals surface area contributed by atoms with Crippen molar-refractivity contribution in [2.24, 2.45) is 22.7 Å². The molecular weight excluding hydrogens is 467 g/mol. The molecule has 0 bridgehead atoms. The standard InChI is InChI=1S/C27H35F5O3/c1-3-25-13-12-16-14-18(33)8-9-19(16)23(25)17(15-24(2)20(25)10-11-21(24)34)6-4-5-7-22(35)26(28,29)27(30,31)32/h3,8-9,14,17,20-23,33-35H,1,4-7,10-13,15H2,2H3/t17-,20+,21-,22+,23+,24-,25+/m0/s1. The molecule has 1 aromatic rings. The smallest absolute Gasteiger partial charge is 0.456 e. The highest BCUT2D eigenvalue weighted by Gasteiger charge is 2.64. The Hall–Kier alpha value is -1.67. The van der Waals surface area contributed by atoms with Crippen LogP contribution in [0, 0.1) is 22.7 Å². The van der Waals surface area contributed by atoms with Gasteiger partial charge in [-0.3, -0.25) is 0 Å². The Bertz CT molecular complexity index is 947. The maximum atomic E-state index is 13.4. The molecule has 0 radical (unpaired) electrons. The molecule has 1 aromatic carbocycles. The summed E-state index contributed by atoms with van der Waals surface area (Å²) in [4.78, 5) is 0. The average molecular weight is 503 g/mol. The van der Waals surface area contributed by atoms with Crippen molar-refractivity contribution in [3.05, 3.63) is 42.0 Å². The Morgan fingerprint density at radius 1 is 1.17 bits per heavy atom. The molecule has 0 heterocycles. The molecule has 7 atom stereocenters. The van der Waals surface area contributed by atoms with E-state index in [0.717, 1.165) is 36.8 Å². The Labute approximate surface area is 203 Å². The highest BCUT2D eigenvalue weighted by Crippen LogP contribution is 2.69. The molecule has 8 heteroatoms. The number of phenolic OH excluding ortho intramolecular Hbond substituents is 1. The number of fused-ring (bicyclic) bond motifs is 5. The molecule has 0 aromatic heterocycles. The van der Waals surface area contributed by atoms with Gasteiger partial charge in [-0.1, -0.05) is 31.9 Å². The van der Waals surface area contributed by atoms with Crippen LogP contribution in [-0.2, 0) is 6.42 Å². The number of alkyl halides is 5. The van der Waals surface area contributed by atoms with Gasteiger partial charge in [0.2, 0.25) is 0 Å². The van der Waals surface area contributed by atoms with Crippen LogP contribution in [-0.4, -0.2) is 39.6 Å². The summed E-state index contributed by atoms with van der Waals surface area (Å²) < 4.78 is 64.5. The minimum atomic E-state index is -5.78. The number of rotatable bonds is 7. The van der Waals surface area contributed by atoms with Crippen molar-refractivity contribution in [2.45, 2.75) is 94.9 Å². The topological polar surface area (TPSA) is 60.7 Å². The lowest BCUT2D eigenvalue weighted by Gasteiger charge is -2.60. The molecule has 35 heavy (non-hydrogen) atoms. The lowest BCUT2D eigenvalue weighted by atomic mass is 9.44. The van der Waals surface area contributed by atoms with Gasteiger partial charge in [0.15, 0.2) is 0 Å². The fourth-order valence-electron chi connectivity index (χ4n) is 7.81. The van der Waals surface area contributed by atoms with E-state index < -0.39 is 30.7 Å². The van der Waals surface area contributed by atoms with Crippen LogP contribution in [0.5, 0.6) is 5.75 Å². The quantitative estimate of drug-likeness (QED) is 0.226. The second-order valence-corrected chi connectivity index (χ2v) is 11.2. The van der Waals surface area contributed by atoms with Crippen molar-refractivity contribution >= 4 is 0 Å². The Morgan fingerprint density at radius 2 is 1.89 bits per heavy atom. The first kappa shape index (κ1) is 26.4. The maximum Gasteiger partial charge on any atom is 0.456 e. The Morgan fingerprint density at radius 3 is 2.54 bits per heavy atom. The number of aliphatic hydroxyl groups excluding tert-OH is 2. The van der Waals surface area contributed by atoms with E-state index in [2.05, 4.69) is 13.5 Å². The van der Waals surface area contributed by atoms with Crippen molar-refractivity contribution in [1.82, 2.24) is 0 Å². The van der Waals surface area contributed by atoms with Gasteiger partial charge in [-0.25, -0.2) is 0 Å². The first-order chi connectivity index (χ1) is 16.3. The molecule has 0 aliphatic heterocycles. The number of phenols is 1. The Balaban J connectivity index is 1.58. The van der Waals surface area contributed by atoms with Gasteiger partial charge in [0, 0.05) is 0 Å². The number of allylic oxidation sites excluding steroid dienone is 1. The zero-order chi connectivity index (χ0) is 25.8. The first-order valence-corrected chi connectivity index (χ1v) is 12.5. The molecular formula is C27H35F5O3. The van der Waals surface area contributed by atoms with Crippen LogP contribution >= 0.6 is 0 Å². The van der Waals surface area contributed by atoms with Crippen LogP contribution in [0.4, 0.5) is 22.0 Å².